The zero-order valence-electron chi connectivity index (χ0n) is 16.4. The first-order valence-corrected chi connectivity index (χ1v) is 10.2. The maximum Gasteiger partial charge on any atom is 0.262 e. The molecule has 3 aromatic rings. The van der Waals surface area contributed by atoms with Crippen molar-refractivity contribution in [2.75, 3.05) is 11.7 Å². The molecule has 0 spiro atoms. The molecular weight excluding hydrogens is 386 g/mol. The van der Waals surface area contributed by atoms with E-state index < -0.39 is 0 Å². The monoisotopic (exact) mass is 407 g/mol. The summed E-state index contributed by atoms with van der Waals surface area (Å²) in [5.41, 5.74) is 2.96. The van der Waals surface area contributed by atoms with Gasteiger partial charge in [-0.2, -0.15) is 0 Å². The van der Waals surface area contributed by atoms with Crippen molar-refractivity contribution >= 4 is 23.6 Å². The first kappa shape index (κ1) is 19.2. The van der Waals surface area contributed by atoms with E-state index in [1.54, 1.807) is 24.3 Å². The molecule has 0 atom stereocenters. The van der Waals surface area contributed by atoms with Crippen molar-refractivity contribution in [2.45, 2.75) is 31.3 Å². The molecule has 7 nitrogen and oxygen atoms in total. The number of aromatic nitrogens is 3. The highest BCUT2D eigenvalue weighted by atomic mass is 32.2. The highest BCUT2D eigenvalue weighted by Gasteiger charge is 2.35. The van der Waals surface area contributed by atoms with Crippen LogP contribution in [0.5, 0.6) is 0 Å². The third kappa shape index (κ3) is 3.40. The average molecular weight is 407 g/mol. The highest BCUT2D eigenvalue weighted by Crippen LogP contribution is 2.29. The number of hydrogen-bond acceptors (Lipinski definition) is 6. The molecular formula is C21H21N5O2S. The number of carbonyl (C=O) groups is 2. The second-order valence-electron chi connectivity index (χ2n) is 7.86. The summed E-state index contributed by atoms with van der Waals surface area (Å²) >= 11 is 1.19. The van der Waals surface area contributed by atoms with Crippen LogP contribution in [-0.4, -0.2) is 37.5 Å². The Balaban J connectivity index is 1.50. The molecule has 2 aromatic carbocycles. The largest absolute Gasteiger partial charge is 0.335 e. The van der Waals surface area contributed by atoms with Gasteiger partial charge in [0.2, 0.25) is 5.16 Å². The number of fused-ring (bicyclic) bond motifs is 1. The van der Waals surface area contributed by atoms with E-state index in [4.69, 9.17) is 5.84 Å². The number of carbonyl (C=O) groups excluding carboxylic acids is 2. The van der Waals surface area contributed by atoms with Gasteiger partial charge in [-0.15, -0.1) is 10.2 Å². The van der Waals surface area contributed by atoms with Crippen LogP contribution < -0.4 is 5.84 Å². The van der Waals surface area contributed by atoms with E-state index in [9.17, 15) is 9.59 Å². The number of nitrogen functional groups attached to an aromatic ring is 1. The molecule has 2 amide bonds. The maximum atomic E-state index is 12.5. The van der Waals surface area contributed by atoms with Crippen LogP contribution in [0, 0.1) is 0 Å². The summed E-state index contributed by atoms with van der Waals surface area (Å²) in [6.45, 7) is 6.46. The van der Waals surface area contributed by atoms with Crippen molar-refractivity contribution in [1.82, 2.24) is 19.8 Å². The number of imide groups is 1. The van der Waals surface area contributed by atoms with Crippen LogP contribution >= 0.6 is 11.8 Å². The van der Waals surface area contributed by atoms with Crippen molar-refractivity contribution in [2.24, 2.45) is 0 Å². The molecule has 4 rings (SSSR count). The van der Waals surface area contributed by atoms with Crippen LogP contribution in [0.4, 0.5) is 0 Å². The van der Waals surface area contributed by atoms with Crippen LogP contribution in [0.15, 0.2) is 53.7 Å². The van der Waals surface area contributed by atoms with Crippen LogP contribution in [0.3, 0.4) is 0 Å². The van der Waals surface area contributed by atoms with Crippen LogP contribution in [0.2, 0.25) is 0 Å². The summed E-state index contributed by atoms with van der Waals surface area (Å²) in [7, 11) is 0. The minimum Gasteiger partial charge on any atom is -0.335 e. The van der Waals surface area contributed by atoms with Gasteiger partial charge in [0, 0.05) is 5.56 Å². The molecule has 0 radical (unpaired) electrons. The summed E-state index contributed by atoms with van der Waals surface area (Å²) < 4.78 is 1.38. The van der Waals surface area contributed by atoms with Crippen LogP contribution in [0.25, 0.3) is 11.4 Å². The minimum absolute atomic E-state index is 0.0578. The number of hydrogen-bond donors (Lipinski definition) is 1. The lowest BCUT2D eigenvalue weighted by molar-refractivity contribution is 0.0684. The van der Waals surface area contributed by atoms with Crippen molar-refractivity contribution < 1.29 is 9.59 Å². The van der Waals surface area contributed by atoms with Gasteiger partial charge in [-0.1, -0.05) is 68.9 Å². The second kappa shape index (κ2) is 7.04. The lowest BCUT2D eigenvalue weighted by Crippen LogP contribution is -2.29. The number of amides is 2. The predicted molar refractivity (Wildman–Crippen MR) is 112 cm³/mol. The standard InChI is InChI=1S/C21H21N5O2S/c1-21(2,3)14-10-8-13(9-11-14)17-23-24-20(26(17)22)29-12-25-18(27)15-6-4-5-7-16(15)19(25)28/h4-11H,12,22H2,1-3H3. The Morgan fingerprint density at radius 3 is 2.07 bits per heavy atom. The van der Waals surface area contributed by atoms with Gasteiger partial charge in [-0.3, -0.25) is 14.5 Å². The second-order valence-corrected chi connectivity index (χ2v) is 8.77. The van der Waals surface area contributed by atoms with E-state index in [2.05, 4.69) is 43.1 Å². The molecule has 8 heteroatoms. The molecule has 1 aliphatic rings. The lowest BCUT2D eigenvalue weighted by atomic mass is 9.87. The molecule has 0 saturated carbocycles. The fourth-order valence-electron chi connectivity index (χ4n) is 3.17. The van der Waals surface area contributed by atoms with Gasteiger partial charge in [0.25, 0.3) is 11.8 Å². The first-order chi connectivity index (χ1) is 13.8. The molecule has 0 unspecified atom stereocenters. The van der Waals surface area contributed by atoms with E-state index in [0.29, 0.717) is 22.1 Å². The predicted octanol–water partition coefficient (Wildman–Crippen LogP) is 3.30. The molecule has 29 heavy (non-hydrogen) atoms. The van der Waals surface area contributed by atoms with Gasteiger partial charge in [0.05, 0.1) is 17.0 Å². The molecule has 0 aliphatic carbocycles. The Bertz CT molecular complexity index is 1060. The van der Waals surface area contributed by atoms with E-state index in [0.717, 1.165) is 5.56 Å². The van der Waals surface area contributed by atoms with E-state index >= 15 is 0 Å². The van der Waals surface area contributed by atoms with E-state index in [1.807, 2.05) is 12.1 Å². The zero-order valence-corrected chi connectivity index (χ0v) is 17.2. The SMILES string of the molecule is CC(C)(C)c1ccc(-c2nnc(SCN3C(=O)c4ccccc4C3=O)n2N)cc1. The van der Waals surface area contributed by atoms with Crippen molar-refractivity contribution in [1.29, 1.82) is 0 Å². The van der Waals surface area contributed by atoms with Gasteiger partial charge in [-0.25, -0.2) is 4.68 Å². The maximum absolute atomic E-state index is 12.5. The molecule has 2 N–H and O–H groups in total. The van der Waals surface area contributed by atoms with Gasteiger partial charge in [0.1, 0.15) is 0 Å². The molecule has 0 bridgehead atoms. The Labute approximate surface area is 172 Å². The molecule has 0 saturated heterocycles. The van der Waals surface area contributed by atoms with Gasteiger partial charge < -0.3 is 5.84 Å². The van der Waals surface area contributed by atoms with E-state index in [1.165, 1.54) is 26.9 Å². The van der Waals surface area contributed by atoms with Crippen LogP contribution in [0.1, 0.15) is 47.1 Å². The summed E-state index contributed by atoms with van der Waals surface area (Å²) in [6, 6.07) is 14.8. The fourth-order valence-corrected chi connectivity index (χ4v) is 3.97. The minimum atomic E-state index is -0.306. The zero-order chi connectivity index (χ0) is 20.8. The summed E-state index contributed by atoms with van der Waals surface area (Å²) in [6.07, 6.45) is 0. The summed E-state index contributed by atoms with van der Waals surface area (Å²) in [5, 5.41) is 8.73. The Kier molecular flexibility index (Phi) is 4.66. The highest BCUT2D eigenvalue weighted by molar-refractivity contribution is 7.99. The number of nitrogens with two attached hydrogens (primary N) is 1. The van der Waals surface area contributed by atoms with Crippen LogP contribution in [-0.2, 0) is 5.41 Å². The van der Waals surface area contributed by atoms with Crippen molar-refractivity contribution in [3.8, 4) is 11.4 Å². The number of thioether (sulfide) groups is 1. The van der Waals surface area contributed by atoms with Crippen molar-refractivity contribution in [3.63, 3.8) is 0 Å². The quantitative estimate of drug-likeness (QED) is 0.405. The molecule has 0 fully saturated rings. The number of rotatable bonds is 4. The smallest absolute Gasteiger partial charge is 0.262 e. The number of nitrogens with zero attached hydrogens (tertiary/aromatic N) is 4. The Morgan fingerprint density at radius 2 is 1.52 bits per heavy atom. The normalized spacial score (nSPS) is 13.8. The Hall–Kier alpha value is -3.13. The fraction of sp³-hybridized carbons (Fsp3) is 0.238. The summed E-state index contributed by atoms with van der Waals surface area (Å²) in [5.74, 6) is 6.21. The average Bonchev–Trinajstić information content (AvgIpc) is 3.18. The van der Waals surface area contributed by atoms with Crippen molar-refractivity contribution in [3.05, 3.63) is 65.2 Å². The topological polar surface area (TPSA) is 94.1 Å². The molecule has 148 valence electrons. The van der Waals surface area contributed by atoms with Gasteiger partial charge >= 0.3 is 0 Å². The van der Waals surface area contributed by atoms with Gasteiger partial charge in [-0.05, 0) is 23.1 Å². The first-order valence-electron chi connectivity index (χ1n) is 9.17. The van der Waals surface area contributed by atoms with E-state index in [-0.39, 0.29) is 23.1 Å². The Morgan fingerprint density at radius 1 is 0.931 bits per heavy atom. The molecule has 2 heterocycles. The third-order valence-electron chi connectivity index (χ3n) is 4.87. The van der Waals surface area contributed by atoms with Gasteiger partial charge in [0.15, 0.2) is 5.82 Å². The lowest BCUT2D eigenvalue weighted by Gasteiger charge is -2.19. The molecule has 1 aromatic heterocycles. The third-order valence-corrected chi connectivity index (χ3v) is 5.80. The molecule has 1 aliphatic heterocycles. The summed E-state index contributed by atoms with van der Waals surface area (Å²) in [4.78, 5) is 26.1. The number of benzene rings is 2.